The molecule has 2 aromatic heterocycles. The average Bonchev–Trinajstić information content (AvgIpc) is 3.69. The van der Waals surface area contributed by atoms with Crippen molar-refractivity contribution in [2.24, 2.45) is 0 Å². The summed E-state index contributed by atoms with van der Waals surface area (Å²) >= 11 is 0. The van der Waals surface area contributed by atoms with E-state index in [1.807, 2.05) is 0 Å². The number of fused-ring (bicyclic) bond motifs is 6. The highest BCUT2D eigenvalue weighted by Crippen LogP contribution is 2.43. The lowest BCUT2D eigenvalue weighted by Crippen LogP contribution is -2.09. The lowest BCUT2D eigenvalue weighted by molar-refractivity contribution is 1.11. The summed E-state index contributed by atoms with van der Waals surface area (Å²) in [5.74, 6) is 0.894. The van der Waals surface area contributed by atoms with Crippen LogP contribution in [0.3, 0.4) is 0 Å². The van der Waals surface area contributed by atoms with Gasteiger partial charge in [0.15, 0.2) is 0 Å². The van der Waals surface area contributed by atoms with Crippen LogP contribution in [0.25, 0.3) is 82.9 Å². The van der Waals surface area contributed by atoms with Crippen LogP contribution in [0.4, 0.5) is 17.1 Å². The van der Waals surface area contributed by atoms with Crippen molar-refractivity contribution in [3.8, 4) is 39.5 Å². The number of benzene rings is 9. The molecule has 0 atom stereocenters. The first-order valence-electron chi connectivity index (χ1n) is 19.7. The predicted molar refractivity (Wildman–Crippen MR) is 242 cm³/mol. The molecule has 9 aromatic carbocycles. The summed E-state index contributed by atoms with van der Waals surface area (Å²) in [5, 5.41) is 5.76. The maximum absolute atomic E-state index is 5.52. The van der Waals surface area contributed by atoms with Gasteiger partial charge in [-0.1, -0.05) is 146 Å². The van der Waals surface area contributed by atoms with Crippen LogP contribution in [0, 0.1) is 0 Å². The van der Waals surface area contributed by atoms with Gasteiger partial charge in [0, 0.05) is 50.0 Å². The maximum atomic E-state index is 5.52. The lowest BCUT2D eigenvalue weighted by Gasteiger charge is -2.25. The minimum Gasteiger partial charge on any atom is -0.311 e. The molecule has 0 N–H and O–H groups in total. The summed E-state index contributed by atoms with van der Waals surface area (Å²) in [4.78, 5) is 13.1. The van der Waals surface area contributed by atoms with E-state index in [4.69, 9.17) is 9.97 Å². The Bertz CT molecular complexity index is 3220. The summed E-state index contributed by atoms with van der Waals surface area (Å²) in [7, 11) is 0. The fourth-order valence-corrected chi connectivity index (χ4v) is 8.52. The van der Waals surface area contributed by atoms with E-state index in [0.717, 1.165) is 83.8 Å². The van der Waals surface area contributed by atoms with Crippen LogP contribution in [-0.4, -0.2) is 14.5 Å². The Hall–Kier alpha value is -7.82. The zero-order valence-electron chi connectivity index (χ0n) is 31.6. The number of hydrogen-bond acceptors (Lipinski definition) is 3. The van der Waals surface area contributed by atoms with E-state index < -0.39 is 0 Å². The first-order valence-corrected chi connectivity index (χ1v) is 19.7. The van der Waals surface area contributed by atoms with Gasteiger partial charge in [0.05, 0.1) is 22.2 Å². The molecule has 0 saturated carbocycles. The second-order valence-corrected chi connectivity index (χ2v) is 14.6. The highest BCUT2D eigenvalue weighted by molar-refractivity contribution is 6.25. The van der Waals surface area contributed by atoms with Crippen molar-refractivity contribution < 1.29 is 0 Å². The second-order valence-electron chi connectivity index (χ2n) is 14.6. The van der Waals surface area contributed by atoms with Crippen molar-refractivity contribution in [1.82, 2.24) is 14.5 Å². The summed E-state index contributed by atoms with van der Waals surface area (Å²) in [5.41, 5.74) is 12.7. The van der Waals surface area contributed by atoms with E-state index in [0.29, 0.717) is 0 Å². The Morgan fingerprint density at radius 2 is 1.00 bits per heavy atom. The Morgan fingerprint density at radius 1 is 0.379 bits per heavy atom. The standard InChI is InChI=1S/C54H36N4/c1-4-19-41(20-5-1)57(42-21-6-2-7-22-42)44-33-30-37(31-34-44)39-17-14-18-40(36-39)53-46-35-32-38-16-10-11-25-45(38)51(46)52-47(26-15-28-49(52)55-53)54-56-48-27-12-13-29-50(48)58(54)43-23-8-3-9-24-43/h1-36H. The van der Waals surface area contributed by atoms with E-state index in [2.05, 4.69) is 228 Å². The van der Waals surface area contributed by atoms with Gasteiger partial charge in [-0.3, -0.25) is 4.57 Å². The molecule has 0 aliphatic carbocycles. The van der Waals surface area contributed by atoms with Gasteiger partial charge in [0.25, 0.3) is 0 Å². The van der Waals surface area contributed by atoms with Crippen LogP contribution in [-0.2, 0) is 0 Å². The molecule has 0 amide bonds. The Balaban J connectivity index is 1.08. The van der Waals surface area contributed by atoms with E-state index in [-0.39, 0.29) is 0 Å². The molecule has 0 saturated heterocycles. The molecule has 58 heavy (non-hydrogen) atoms. The molecule has 272 valence electrons. The zero-order chi connectivity index (χ0) is 38.4. The average molecular weight is 741 g/mol. The molecule has 0 spiro atoms. The van der Waals surface area contributed by atoms with Crippen LogP contribution in [0.2, 0.25) is 0 Å². The van der Waals surface area contributed by atoms with Crippen LogP contribution in [0.5, 0.6) is 0 Å². The molecular formula is C54H36N4. The summed E-state index contributed by atoms with van der Waals surface area (Å²) in [6.45, 7) is 0. The molecule has 0 fully saturated rings. The Kier molecular flexibility index (Phi) is 8.11. The van der Waals surface area contributed by atoms with Gasteiger partial charge in [-0.2, -0.15) is 0 Å². The quantitative estimate of drug-likeness (QED) is 0.153. The third-order valence-electron chi connectivity index (χ3n) is 11.1. The van der Waals surface area contributed by atoms with E-state index in [1.165, 1.54) is 16.2 Å². The normalized spacial score (nSPS) is 11.4. The van der Waals surface area contributed by atoms with Crippen molar-refractivity contribution in [1.29, 1.82) is 0 Å². The highest BCUT2D eigenvalue weighted by Gasteiger charge is 2.21. The van der Waals surface area contributed by atoms with Gasteiger partial charge in [-0.25, -0.2) is 9.97 Å². The first kappa shape index (κ1) is 33.5. The van der Waals surface area contributed by atoms with Crippen molar-refractivity contribution in [3.63, 3.8) is 0 Å². The maximum Gasteiger partial charge on any atom is 0.146 e. The van der Waals surface area contributed by atoms with Crippen LogP contribution < -0.4 is 4.90 Å². The van der Waals surface area contributed by atoms with E-state index >= 15 is 0 Å². The number of para-hydroxylation sites is 5. The highest BCUT2D eigenvalue weighted by atomic mass is 15.1. The molecule has 2 heterocycles. The Morgan fingerprint density at radius 3 is 1.78 bits per heavy atom. The third kappa shape index (κ3) is 5.70. The SMILES string of the molecule is c1ccc(N(c2ccccc2)c2ccc(-c3cccc(-c4nc5cccc(-c6nc7ccccc7n6-c6ccccc6)c5c5c4ccc4ccccc45)c3)cc2)cc1. The number of anilines is 3. The van der Waals surface area contributed by atoms with Crippen molar-refractivity contribution in [3.05, 3.63) is 218 Å². The number of hydrogen-bond donors (Lipinski definition) is 0. The van der Waals surface area contributed by atoms with Crippen LogP contribution in [0.15, 0.2) is 218 Å². The van der Waals surface area contributed by atoms with Crippen molar-refractivity contribution in [2.45, 2.75) is 0 Å². The molecule has 4 heteroatoms. The predicted octanol–water partition coefficient (Wildman–Crippen LogP) is 14.4. The first-order chi connectivity index (χ1) is 28.8. The number of imidazole rings is 1. The molecule has 0 bridgehead atoms. The van der Waals surface area contributed by atoms with E-state index in [9.17, 15) is 0 Å². The summed E-state index contributed by atoms with van der Waals surface area (Å²) < 4.78 is 2.28. The molecule has 0 aliphatic heterocycles. The van der Waals surface area contributed by atoms with Crippen LogP contribution >= 0.6 is 0 Å². The number of aromatic nitrogens is 3. The smallest absolute Gasteiger partial charge is 0.146 e. The molecule has 4 nitrogen and oxygen atoms in total. The fourth-order valence-electron chi connectivity index (χ4n) is 8.52. The molecule has 0 aliphatic rings. The van der Waals surface area contributed by atoms with Gasteiger partial charge < -0.3 is 4.90 Å². The number of nitrogens with zero attached hydrogens (tertiary/aromatic N) is 4. The van der Waals surface area contributed by atoms with Crippen molar-refractivity contribution >= 4 is 60.5 Å². The molecule has 11 rings (SSSR count). The third-order valence-corrected chi connectivity index (χ3v) is 11.1. The molecule has 0 unspecified atom stereocenters. The van der Waals surface area contributed by atoms with Gasteiger partial charge in [0.1, 0.15) is 5.82 Å². The van der Waals surface area contributed by atoms with Gasteiger partial charge in [-0.05, 0) is 94.7 Å². The topological polar surface area (TPSA) is 34.0 Å². The van der Waals surface area contributed by atoms with Gasteiger partial charge in [-0.15, -0.1) is 0 Å². The van der Waals surface area contributed by atoms with Gasteiger partial charge in [0.2, 0.25) is 0 Å². The van der Waals surface area contributed by atoms with E-state index in [1.54, 1.807) is 0 Å². The second kappa shape index (κ2) is 14.0. The number of pyridine rings is 1. The van der Waals surface area contributed by atoms with Crippen molar-refractivity contribution in [2.75, 3.05) is 4.90 Å². The molecular weight excluding hydrogens is 705 g/mol. The molecule has 0 radical (unpaired) electrons. The summed E-state index contributed by atoms with van der Waals surface area (Å²) in [6, 6.07) is 77.2. The summed E-state index contributed by atoms with van der Waals surface area (Å²) in [6.07, 6.45) is 0. The monoisotopic (exact) mass is 740 g/mol. The van der Waals surface area contributed by atoms with Gasteiger partial charge >= 0.3 is 0 Å². The largest absolute Gasteiger partial charge is 0.311 e. The lowest BCUT2D eigenvalue weighted by atomic mass is 9.92. The Labute approximate surface area is 336 Å². The number of rotatable bonds is 7. The minimum atomic E-state index is 0.894. The molecule has 11 aromatic rings. The zero-order valence-corrected chi connectivity index (χ0v) is 31.6. The van der Waals surface area contributed by atoms with Crippen LogP contribution in [0.1, 0.15) is 0 Å². The minimum absolute atomic E-state index is 0.894. The fraction of sp³-hybridized carbons (Fsp3) is 0.